The van der Waals surface area contributed by atoms with Crippen molar-refractivity contribution in [1.82, 2.24) is 0 Å². The molecule has 0 saturated heterocycles. The molecule has 0 aromatic heterocycles. The van der Waals surface area contributed by atoms with Crippen LogP contribution in [0, 0.1) is 0 Å². The molecule has 166 valence electrons. The van der Waals surface area contributed by atoms with E-state index in [1.165, 1.54) is 0 Å². The summed E-state index contributed by atoms with van der Waals surface area (Å²) in [6, 6.07) is 37.8. The van der Waals surface area contributed by atoms with Crippen molar-refractivity contribution in [3.05, 3.63) is 132 Å². The Balaban J connectivity index is 1.78. The van der Waals surface area contributed by atoms with Gasteiger partial charge in [0.15, 0.2) is 0 Å². The first kappa shape index (κ1) is 22.3. The summed E-state index contributed by atoms with van der Waals surface area (Å²) in [4.78, 5) is 14.2. The minimum Gasteiger partial charge on any atom is -0.491 e. The third-order valence-corrected chi connectivity index (χ3v) is 5.72. The topological polar surface area (TPSA) is 38.3 Å². The molecule has 0 aliphatic heterocycles. The van der Waals surface area contributed by atoms with Crippen LogP contribution >= 0.6 is 0 Å². The van der Waals surface area contributed by atoms with Crippen molar-refractivity contribution in [2.24, 2.45) is 0 Å². The highest BCUT2D eigenvalue weighted by atomic mass is 16.5. The average molecular weight is 436 g/mol. The van der Waals surface area contributed by atoms with E-state index < -0.39 is 5.41 Å². The Morgan fingerprint density at radius 3 is 1.70 bits per heavy atom. The number of anilines is 1. The summed E-state index contributed by atoms with van der Waals surface area (Å²) >= 11 is 0. The lowest BCUT2D eigenvalue weighted by Gasteiger charge is -2.34. The minimum absolute atomic E-state index is 0.0683. The predicted molar refractivity (Wildman–Crippen MR) is 135 cm³/mol. The second-order valence-electron chi connectivity index (χ2n) is 8.44. The van der Waals surface area contributed by atoms with Crippen molar-refractivity contribution in [3.63, 3.8) is 0 Å². The van der Waals surface area contributed by atoms with Gasteiger partial charge in [-0.25, -0.2) is 0 Å². The molecule has 1 amide bonds. The maximum Gasteiger partial charge on any atom is 0.239 e. The van der Waals surface area contributed by atoms with Gasteiger partial charge in [-0.1, -0.05) is 91.0 Å². The summed E-state index contributed by atoms with van der Waals surface area (Å²) < 4.78 is 5.75. The van der Waals surface area contributed by atoms with Gasteiger partial charge in [0, 0.05) is 5.69 Å². The van der Waals surface area contributed by atoms with Gasteiger partial charge in [0.05, 0.1) is 6.10 Å². The highest BCUT2D eigenvalue weighted by Crippen LogP contribution is 2.37. The summed E-state index contributed by atoms with van der Waals surface area (Å²) in [5.41, 5.74) is 2.85. The van der Waals surface area contributed by atoms with Gasteiger partial charge in [0.25, 0.3) is 0 Å². The van der Waals surface area contributed by atoms with Gasteiger partial charge >= 0.3 is 0 Å². The van der Waals surface area contributed by atoms with Gasteiger partial charge in [-0.05, 0) is 61.2 Å². The number of hydrogen-bond donors (Lipinski definition) is 1. The first-order chi connectivity index (χ1) is 16.1. The lowest BCUT2D eigenvalue weighted by molar-refractivity contribution is -0.120. The number of hydrogen-bond acceptors (Lipinski definition) is 2. The van der Waals surface area contributed by atoms with Crippen LogP contribution in [0.4, 0.5) is 5.69 Å². The molecule has 4 rings (SSSR count). The lowest BCUT2D eigenvalue weighted by atomic mass is 9.69. The molecular formula is C30H29NO2. The van der Waals surface area contributed by atoms with Crippen LogP contribution in [0.2, 0.25) is 0 Å². The van der Waals surface area contributed by atoms with Crippen LogP contribution in [0.5, 0.6) is 5.75 Å². The van der Waals surface area contributed by atoms with Crippen molar-refractivity contribution in [3.8, 4) is 5.75 Å². The zero-order chi connectivity index (χ0) is 23.1. The van der Waals surface area contributed by atoms with Crippen molar-refractivity contribution in [2.75, 3.05) is 5.32 Å². The molecule has 33 heavy (non-hydrogen) atoms. The van der Waals surface area contributed by atoms with Crippen LogP contribution in [0.25, 0.3) is 0 Å². The zero-order valence-corrected chi connectivity index (χ0v) is 19.1. The van der Waals surface area contributed by atoms with E-state index in [0.717, 1.165) is 28.1 Å². The first-order valence-corrected chi connectivity index (χ1v) is 11.3. The molecule has 0 radical (unpaired) electrons. The molecular weight excluding hydrogens is 406 g/mol. The largest absolute Gasteiger partial charge is 0.491 e. The van der Waals surface area contributed by atoms with Crippen LogP contribution in [0.3, 0.4) is 0 Å². The first-order valence-electron chi connectivity index (χ1n) is 11.3. The van der Waals surface area contributed by atoms with Crippen molar-refractivity contribution in [1.29, 1.82) is 0 Å². The number of ether oxygens (including phenoxy) is 1. The molecule has 3 nitrogen and oxygen atoms in total. The fourth-order valence-electron chi connectivity index (χ4n) is 4.19. The number of carbonyl (C=O) groups is 1. The number of carbonyl (C=O) groups excluding carboxylic acids is 1. The molecule has 0 bridgehead atoms. The fraction of sp³-hybridized carbons (Fsp3) is 0.167. The summed E-state index contributed by atoms with van der Waals surface area (Å²) in [6.07, 6.45) is 0.641. The molecule has 4 aromatic carbocycles. The molecule has 1 N–H and O–H groups in total. The third kappa shape index (κ3) is 5.15. The normalized spacial score (nSPS) is 11.2. The fourth-order valence-corrected chi connectivity index (χ4v) is 4.19. The third-order valence-electron chi connectivity index (χ3n) is 5.72. The van der Waals surface area contributed by atoms with E-state index in [1.807, 2.05) is 117 Å². The zero-order valence-electron chi connectivity index (χ0n) is 19.1. The Morgan fingerprint density at radius 2 is 1.21 bits per heavy atom. The molecule has 0 saturated carbocycles. The Bertz CT molecular complexity index is 1110. The van der Waals surface area contributed by atoms with E-state index in [1.54, 1.807) is 0 Å². The number of nitrogens with one attached hydrogen (secondary N) is 1. The standard InChI is InChI=1S/C30H29NO2/c1-23(2)33-28-20-18-27(19-21-28)31-29(32)30(25-14-8-4-9-15-25,26-16-10-5-11-17-26)22-24-12-6-3-7-13-24/h3-21,23H,22H2,1-2H3,(H,31,32). The second kappa shape index (κ2) is 10.2. The van der Waals surface area contributed by atoms with Crippen LogP contribution in [0.1, 0.15) is 30.5 Å². The molecule has 0 heterocycles. The van der Waals surface area contributed by atoms with Gasteiger partial charge in [-0.15, -0.1) is 0 Å². The maximum atomic E-state index is 14.2. The summed E-state index contributed by atoms with van der Waals surface area (Å²) in [5.74, 6) is 0.714. The second-order valence-corrected chi connectivity index (χ2v) is 8.44. The highest BCUT2D eigenvalue weighted by Gasteiger charge is 2.42. The van der Waals surface area contributed by atoms with Crippen LogP contribution in [-0.2, 0) is 16.6 Å². The Labute approximate surface area is 196 Å². The molecule has 3 heteroatoms. The van der Waals surface area contributed by atoms with Crippen molar-refractivity contribution < 1.29 is 9.53 Å². The molecule has 0 aliphatic carbocycles. The van der Waals surface area contributed by atoms with E-state index in [0.29, 0.717) is 6.42 Å². The molecule has 0 unspecified atom stereocenters. The van der Waals surface area contributed by atoms with Crippen molar-refractivity contribution in [2.45, 2.75) is 31.8 Å². The number of benzene rings is 4. The van der Waals surface area contributed by atoms with E-state index in [9.17, 15) is 4.79 Å². The van der Waals surface area contributed by atoms with E-state index in [4.69, 9.17) is 4.74 Å². The van der Waals surface area contributed by atoms with E-state index in [2.05, 4.69) is 17.4 Å². The summed E-state index contributed by atoms with van der Waals surface area (Å²) in [5, 5.41) is 3.19. The van der Waals surface area contributed by atoms with Gasteiger partial charge < -0.3 is 10.1 Å². The quantitative estimate of drug-likeness (QED) is 0.337. The van der Waals surface area contributed by atoms with Gasteiger partial charge in [-0.3, -0.25) is 4.79 Å². The van der Waals surface area contributed by atoms with E-state index in [-0.39, 0.29) is 12.0 Å². The summed E-state index contributed by atoms with van der Waals surface area (Å²) in [7, 11) is 0. The highest BCUT2D eigenvalue weighted by molar-refractivity contribution is 6.02. The van der Waals surface area contributed by atoms with Crippen LogP contribution in [0.15, 0.2) is 115 Å². The molecule has 0 atom stereocenters. The monoisotopic (exact) mass is 435 g/mol. The van der Waals surface area contributed by atoms with Crippen molar-refractivity contribution >= 4 is 11.6 Å². The molecule has 0 aliphatic rings. The smallest absolute Gasteiger partial charge is 0.239 e. The van der Waals surface area contributed by atoms with E-state index >= 15 is 0 Å². The number of rotatable bonds is 8. The lowest BCUT2D eigenvalue weighted by Crippen LogP contribution is -2.43. The average Bonchev–Trinajstić information content (AvgIpc) is 2.85. The molecule has 0 fully saturated rings. The van der Waals surface area contributed by atoms with Gasteiger partial charge in [-0.2, -0.15) is 0 Å². The Kier molecular flexibility index (Phi) is 6.89. The maximum absolute atomic E-state index is 14.2. The predicted octanol–water partition coefficient (Wildman–Crippen LogP) is 6.64. The van der Waals surface area contributed by atoms with Crippen LogP contribution < -0.4 is 10.1 Å². The van der Waals surface area contributed by atoms with Gasteiger partial charge in [0.2, 0.25) is 5.91 Å². The molecule has 4 aromatic rings. The Morgan fingerprint density at radius 1 is 0.727 bits per heavy atom. The minimum atomic E-state index is -0.892. The summed E-state index contributed by atoms with van der Waals surface area (Å²) in [6.45, 7) is 3.99. The number of amides is 1. The molecule has 0 spiro atoms. The van der Waals surface area contributed by atoms with Gasteiger partial charge in [0.1, 0.15) is 11.2 Å². The van der Waals surface area contributed by atoms with Crippen LogP contribution in [-0.4, -0.2) is 12.0 Å². The SMILES string of the molecule is CC(C)Oc1ccc(NC(=O)C(Cc2ccccc2)(c2ccccc2)c2ccccc2)cc1. The Hall–Kier alpha value is -3.85.